The number of nitrogens with one attached hydrogen (secondary N) is 1. The lowest BCUT2D eigenvalue weighted by molar-refractivity contribution is -0.151. The van der Waals surface area contributed by atoms with Crippen LogP contribution in [-0.2, 0) is 16.0 Å². The van der Waals surface area contributed by atoms with Crippen molar-refractivity contribution in [3.8, 4) is 0 Å². The Bertz CT molecular complexity index is 551. The molecule has 1 aromatic carbocycles. The molecule has 1 N–H and O–H groups in total. The highest BCUT2D eigenvalue weighted by molar-refractivity contribution is 5.77. The summed E-state index contributed by atoms with van der Waals surface area (Å²) < 4.78 is 11.2. The van der Waals surface area contributed by atoms with Crippen LogP contribution in [-0.4, -0.2) is 35.5 Å². The normalized spacial score (nSPS) is 13.0. The smallest absolute Gasteiger partial charge is 0.172 e. The molecular weight excluding hydrogens is 266 g/mol. The largest absolute Gasteiger partial charge is 0.351 e. The molecule has 0 spiro atoms. The summed E-state index contributed by atoms with van der Waals surface area (Å²) >= 11 is 0. The zero-order valence-electron chi connectivity index (χ0n) is 12.9. The first kappa shape index (κ1) is 15.8. The van der Waals surface area contributed by atoms with Crippen LogP contribution in [0.25, 0.3) is 11.0 Å². The van der Waals surface area contributed by atoms with Crippen LogP contribution < -0.4 is 5.32 Å². The lowest BCUT2D eigenvalue weighted by Gasteiger charge is -2.24. The molecule has 114 valence electrons. The summed E-state index contributed by atoms with van der Waals surface area (Å²) in [6.45, 7) is 7.98. The van der Waals surface area contributed by atoms with Crippen molar-refractivity contribution < 1.29 is 9.47 Å². The number of hydrogen-bond donors (Lipinski definition) is 1. The molecule has 0 bridgehead atoms. The van der Waals surface area contributed by atoms with E-state index in [0.29, 0.717) is 19.8 Å². The van der Waals surface area contributed by atoms with E-state index in [1.807, 2.05) is 26.0 Å². The van der Waals surface area contributed by atoms with Crippen molar-refractivity contribution in [2.75, 3.05) is 13.2 Å². The van der Waals surface area contributed by atoms with E-state index in [0.717, 1.165) is 16.6 Å². The van der Waals surface area contributed by atoms with Gasteiger partial charge in [0.1, 0.15) is 0 Å². The number of hydrogen-bond acceptors (Lipinski definition) is 5. The molecule has 0 radical (unpaired) electrons. The zero-order chi connectivity index (χ0) is 15.1. The Kier molecular flexibility index (Phi) is 6.04. The van der Waals surface area contributed by atoms with Crippen molar-refractivity contribution >= 4 is 11.0 Å². The zero-order valence-corrected chi connectivity index (χ0v) is 12.9. The van der Waals surface area contributed by atoms with Gasteiger partial charge in [0, 0.05) is 32.2 Å². The van der Waals surface area contributed by atoms with Crippen LogP contribution in [0.2, 0.25) is 0 Å². The maximum absolute atomic E-state index is 5.61. The van der Waals surface area contributed by atoms with Crippen molar-refractivity contribution in [3.05, 3.63) is 36.2 Å². The van der Waals surface area contributed by atoms with Gasteiger partial charge in [0.15, 0.2) is 6.29 Å². The molecule has 1 unspecified atom stereocenters. The first-order chi connectivity index (χ1) is 10.3. The van der Waals surface area contributed by atoms with Crippen molar-refractivity contribution in [1.82, 2.24) is 15.3 Å². The molecule has 1 aromatic heterocycles. The third-order valence-corrected chi connectivity index (χ3v) is 3.27. The standard InChI is InChI=1S/C16H23N3O2/c1-4-20-16(21-5-2)12(3)19-11-13-7-6-8-14-15(13)18-10-9-17-14/h6-10,12,16,19H,4-5,11H2,1-3H3. The van der Waals surface area contributed by atoms with Gasteiger partial charge in [-0.1, -0.05) is 12.1 Å². The summed E-state index contributed by atoms with van der Waals surface area (Å²) in [6.07, 6.45) is 3.20. The predicted molar refractivity (Wildman–Crippen MR) is 82.9 cm³/mol. The van der Waals surface area contributed by atoms with Crippen molar-refractivity contribution in [2.45, 2.75) is 39.6 Å². The highest BCUT2D eigenvalue weighted by atomic mass is 16.7. The molecule has 5 nitrogen and oxygen atoms in total. The summed E-state index contributed by atoms with van der Waals surface area (Å²) in [7, 11) is 0. The van der Waals surface area contributed by atoms with E-state index in [9.17, 15) is 0 Å². The highest BCUT2D eigenvalue weighted by Gasteiger charge is 2.17. The Morgan fingerprint density at radius 1 is 1.10 bits per heavy atom. The quantitative estimate of drug-likeness (QED) is 0.757. The minimum atomic E-state index is -0.235. The molecule has 0 saturated carbocycles. The maximum atomic E-state index is 5.61. The number of nitrogens with zero attached hydrogens (tertiary/aromatic N) is 2. The topological polar surface area (TPSA) is 56.3 Å². The summed E-state index contributed by atoms with van der Waals surface area (Å²) in [5.41, 5.74) is 2.97. The van der Waals surface area contributed by atoms with Gasteiger partial charge < -0.3 is 14.8 Å². The van der Waals surface area contributed by atoms with Crippen LogP contribution in [0.15, 0.2) is 30.6 Å². The van der Waals surface area contributed by atoms with Gasteiger partial charge in [0.25, 0.3) is 0 Å². The third kappa shape index (κ3) is 4.20. The minimum absolute atomic E-state index is 0.0943. The molecule has 1 heterocycles. The SMILES string of the molecule is CCOC(OCC)C(C)NCc1cccc2nccnc12. The molecule has 2 aromatic rings. The first-order valence-electron chi connectivity index (χ1n) is 7.41. The summed E-state index contributed by atoms with van der Waals surface area (Å²) in [5.74, 6) is 0. The van der Waals surface area contributed by atoms with Gasteiger partial charge in [-0.25, -0.2) is 0 Å². The molecule has 0 saturated heterocycles. The number of ether oxygens (including phenoxy) is 2. The molecule has 1 atom stereocenters. The Hall–Kier alpha value is -1.56. The van der Waals surface area contributed by atoms with Gasteiger partial charge in [0.2, 0.25) is 0 Å². The number of para-hydroxylation sites is 1. The average molecular weight is 289 g/mol. The van der Waals surface area contributed by atoms with Gasteiger partial charge in [-0.2, -0.15) is 0 Å². The van der Waals surface area contributed by atoms with E-state index < -0.39 is 0 Å². The number of fused-ring (bicyclic) bond motifs is 1. The third-order valence-electron chi connectivity index (χ3n) is 3.27. The van der Waals surface area contributed by atoms with Gasteiger partial charge >= 0.3 is 0 Å². The molecule has 5 heteroatoms. The van der Waals surface area contributed by atoms with Crippen LogP contribution in [0.4, 0.5) is 0 Å². The second-order valence-corrected chi connectivity index (χ2v) is 4.79. The van der Waals surface area contributed by atoms with Crippen LogP contribution in [0, 0.1) is 0 Å². The second-order valence-electron chi connectivity index (χ2n) is 4.79. The minimum Gasteiger partial charge on any atom is -0.351 e. The van der Waals surface area contributed by atoms with E-state index in [4.69, 9.17) is 9.47 Å². The van der Waals surface area contributed by atoms with E-state index in [1.54, 1.807) is 12.4 Å². The van der Waals surface area contributed by atoms with E-state index in [1.165, 1.54) is 0 Å². The van der Waals surface area contributed by atoms with Crippen LogP contribution in [0.1, 0.15) is 26.3 Å². The van der Waals surface area contributed by atoms with E-state index >= 15 is 0 Å². The average Bonchev–Trinajstić information content (AvgIpc) is 2.52. The number of benzene rings is 1. The van der Waals surface area contributed by atoms with E-state index in [2.05, 4.69) is 28.3 Å². The molecule has 0 aliphatic heterocycles. The lowest BCUT2D eigenvalue weighted by Crippen LogP contribution is -2.40. The van der Waals surface area contributed by atoms with Crippen molar-refractivity contribution in [3.63, 3.8) is 0 Å². The Balaban J connectivity index is 2.03. The van der Waals surface area contributed by atoms with Crippen LogP contribution in [0.5, 0.6) is 0 Å². The maximum Gasteiger partial charge on any atom is 0.172 e. The summed E-state index contributed by atoms with van der Waals surface area (Å²) in [6, 6.07) is 6.13. The Morgan fingerprint density at radius 2 is 1.81 bits per heavy atom. The van der Waals surface area contributed by atoms with Gasteiger partial charge in [0.05, 0.1) is 17.1 Å². The molecule has 2 rings (SSSR count). The van der Waals surface area contributed by atoms with Crippen LogP contribution in [0.3, 0.4) is 0 Å². The van der Waals surface area contributed by atoms with Gasteiger partial charge in [-0.15, -0.1) is 0 Å². The van der Waals surface area contributed by atoms with Crippen molar-refractivity contribution in [2.24, 2.45) is 0 Å². The fourth-order valence-electron chi connectivity index (χ4n) is 2.23. The molecule has 0 aliphatic carbocycles. The second kappa shape index (κ2) is 8.02. The predicted octanol–water partition coefficient (Wildman–Crippen LogP) is 2.51. The molecule has 21 heavy (non-hydrogen) atoms. The monoisotopic (exact) mass is 289 g/mol. The Labute approximate surface area is 125 Å². The molecule has 0 fully saturated rings. The fraction of sp³-hybridized carbons (Fsp3) is 0.500. The Morgan fingerprint density at radius 3 is 2.52 bits per heavy atom. The molecule has 0 amide bonds. The first-order valence-corrected chi connectivity index (χ1v) is 7.41. The van der Waals surface area contributed by atoms with Crippen molar-refractivity contribution in [1.29, 1.82) is 0 Å². The fourth-order valence-corrected chi connectivity index (χ4v) is 2.23. The van der Waals surface area contributed by atoms with Gasteiger partial charge in [-0.05, 0) is 32.4 Å². The lowest BCUT2D eigenvalue weighted by atomic mass is 10.1. The summed E-state index contributed by atoms with van der Waals surface area (Å²) in [4.78, 5) is 8.73. The highest BCUT2D eigenvalue weighted by Crippen LogP contribution is 2.14. The molecule has 0 aliphatic rings. The molecular formula is C16H23N3O2. The van der Waals surface area contributed by atoms with Crippen LogP contribution >= 0.6 is 0 Å². The van der Waals surface area contributed by atoms with Gasteiger partial charge in [-0.3, -0.25) is 9.97 Å². The number of aromatic nitrogens is 2. The number of rotatable bonds is 8. The summed E-state index contributed by atoms with van der Waals surface area (Å²) in [5, 5.41) is 3.44. The van der Waals surface area contributed by atoms with E-state index in [-0.39, 0.29) is 12.3 Å².